The third kappa shape index (κ3) is 2.81. The molecule has 4 rings (SSSR count). The van der Waals surface area contributed by atoms with E-state index in [1.165, 1.54) is 0 Å². The van der Waals surface area contributed by atoms with Gasteiger partial charge < -0.3 is 19.2 Å². The van der Waals surface area contributed by atoms with E-state index >= 15 is 0 Å². The highest BCUT2D eigenvalue weighted by Crippen LogP contribution is 2.42. The van der Waals surface area contributed by atoms with Gasteiger partial charge >= 0.3 is 0 Å². The number of carbonyl (C=O) groups excluding carboxylic acids is 1. The lowest BCUT2D eigenvalue weighted by Gasteiger charge is -2.25. The standard InChI is InChI=1S/C19H19N3O4/c1-24-12-5-6-17(25-2)15(8-12)14-9-18(23)21-19-16(14)10-20-22(19)11-13-4-3-7-26-13/h3-8,10,14H,9,11H2,1-2H3,(H,21,23). The summed E-state index contributed by atoms with van der Waals surface area (Å²) in [6.45, 7) is 0.449. The Morgan fingerprint density at radius 3 is 2.88 bits per heavy atom. The number of nitrogens with one attached hydrogen (secondary N) is 1. The van der Waals surface area contributed by atoms with Crippen molar-refractivity contribution < 1.29 is 18.7 Å². The molecular formula is C19H19N3O4. The number of anilines is 1. The summed E-state index contributed by atoms with van der Waals surface area (Å²) in [5.41, 5.74) is 1.85. The molecule has 1 aromatic carbocycles. The third-order valence-corrected chi connectivity index (χ3v) is 4.59. The Hall–Kier alpha value is -3.22. The number of furan rings is 1. The second kappa shape index (κ2) is 6.59. The Morgan fingerprint density at radius 2 is 2.15 bits per heavy atom. The molecule has 0 saturated carbocycles. The van der Waals surface area contributed by atoms with Crippen molar-refractivity contribution in [3.05, 3.63) is 59.7 Å². The molecule has 26 heavy (non-hydrogen) atoms. The maximum absolute atomic E-state index is 12.4. The van der Waals surface area contributed by atoms with Crippen molar-refractivity contribution in [2.45, 2.75) is 18.9 Å². The first kappa shape index (κ1) is 16.3. The Balaban J connectivity index is 1.77. The van der Waals surface area contributed by atoms with Gasteiger partial charge in [0.15, 0.2) is 0 Å². The zero-order chi connectivity index (χ0) is 18.1. The van der Waals surface area contributed by atoms with Crippen LogP contribution in [0.2, 0.25) is 0 Å². The second-order valence-corrected chi connectivity index (χ2v) is 6.10. The molecule has 1 amide bonds. The first-order valence-corrected chi connectivity index (χ1v) is 8.29. The quantitative estimate of drug-likeness (QED) is 0.763. The minimum absolute atomic E-state index is 0.0615. The van der Waals surface area contributed by atoms with E-state index in [9.17, 15) is 4.79 Å². The summed E-state index contributed by atoms with van der Waals surface area (Å²) in [6, 6.07) is 9.31. The number of fused-ring (bicyclic) bond motifs is 1. The highest BCUT2D eigenvalue weighted by molar-refractivity contribution is 5.94. The molecule has 1 unspecified atom stereocenters. The molecule has 2 aromatic heterocycles. The van der Waals surface area contributed by atoms with E-state index in [4.69, 9.17) is 13.9 Å². The zero-order valence-corrected chi connectivity index (χ0v) is 14.6. The van der Waals surface area contributed by atoms with Crippen molar-refractivity contribution in [2.75, 3.05) is 19.5 Å². The second-order valence-electron chi connectivity index (χ2n) is 6.10. The fourth-order valence-electron chi connectivity index (χ4n) is 3.33. The SMILES string of the molecule is COc1ccc(OC)c(C2CC(=O)Nc3c2cnn3Cc2ccco2)c1. The largest absolute Gasteiger partial charge is 0.497 e. The van der Waals surface area contributed by atoms with Crippen LogP contribution in [0.15, 0.2) is 47.2 Å². The summed E-state index contributed by atoms with van der Waals surface area (Å²) in [5, 5.41) is 7.39. The number of benzene rings is 1. The van der Waals surface area contributed by atoms with Gasteiger partial charge in [-0.15, -0.1) is 0 Å². The number of hydrogen-bond acceptors (Lipinski definition) is 5. The Labute approximate surface area is 150 Å². The van der Waals surface area contributed by atoms with Gasteiger partial charge in [-0.05, 0) is 30.3 Å². The van der Waals surface area contributed by atoms with Crippen LogP contribution < -0.4 is 14.8 Å². The first-order valence-electron chi connectivity index (χ1n) is 8.29. The Kier molecular flexibility index (Phi) is 4.12. The van der Waals surface area contributed by atoms with Crippen molar-refractivity contribution in [2.24, 2.45) is 0 Å². The number of aromatic nitrogens is 2. The molecule has 1 atom stereocenters. The highest BCUT2D eigenvalue weighted by Gasteiger charge is 2.32. The van der Waals surface area contributed by atoms with Crippen molar-refractivity contribution in [1.29, 1.82) is 0 Å². The van der Waals surface area contributed by atoms with Gasteiger partial charge in [0.25, 0.3) is 0 Å². The van der Waals surface area contributed by atoms with Crippen molar-refractivity contribution in [3.8, 4) is 11.5 Å². The van der Waals surface area contributed by atoms with Crippen LogP contribution in [-0.2, 0) is 11.3 Å². The molecule has 0 saturated heterocycles. The van der Waals surface area contributed by atoms with Gasteiger partial charge in [-0.2, -0.15) is 5.10 Å². The van der Waals surface area contributed by atoms with Gasteiger partial charge in [-0.1, -0.05) is 0 Å². The number of rotatable bonds is 5. The number of carbonyl (C=O) groups is 1. The molecule has 7 heteroatoms. The number of amides is 1. The molecule has 134 valence electrons. The van der Waals surface area contributed by atoms with Gasteiger partial charge in [0.05, 0.1) is 26.7 Å². The molecule has 0 fully saturated rings. The van der Waals surface area contributed by atoms with E-state index in [1.807, 2.05) is 30.3 Å². The lowest BCUT2D eigenvalue weighted by Crippen LogP contribution is -2.25. The van der Waals surface area contributed by atoms with Gasteiger partial charge in [-0.3, -0.25) is 4.79 Å². The van der Waals surface area contributed by atoms with E-state index in [0.29, 0.717) is 18.8 Å². The molecule has 7 nitrogen and oxygen atoms in total. The van der Waals surface area contributed by atoms with Crippen LogP contribution in [0.1, 0.15) is 29.2 Å². The van der Waals surface area contributed by atoms with Crippen molar-refractivity contribution in [1.82, 2.24) is 9.78 Å². The maximum atomic E-state index is 12.4. The number of nitrogens with zero attached hydrogens (tertiary/aromatic N) is 2. The average molecular weight is 353 g/mol. The Bertz CT molecular complexity index is 930. The summed E-state index contributed by atoms with van der Waals surface area (Å²) in [7, 11) is 3.24. The zero-order valence-electron chi connectivity index (χ0n) is 14.6. The molecule has 0 bridgehead atoms. The minimum Gasteiger partial charge on any atom is -0.497 e. The van der Waals surface area contributed by atoms with Crippen LogP contribution in [0.4, 0.5) is 5.82 Å². The molecule has 1 aliphatic rings. The predicted octanol–water partition coefficient (Wildman–Crippen LogP) is 3.02. The number of hydrogen-bond donors (Lipinski definition) is 1. The van der Waals surface area contributed by atoms with E-state index in [1.54, 1.807) is 31.4 Å². The topological polar surface area (TPSA) is 78.5 Å². The maximum Gasteiger partial charge on any atom is 0.226 e. The van der Waals surface area contributed by atoms with Crippen molar-refractivity contribution >= 4 is 11.7 Å². The Morgan fingerprint density at radius 1 is 1.27 bits per heavy atom. The molecule has 0 spiro atoms. The van der Waals surface area contributed by atoms with Crippen LogP contribution in [0.5, 0.6) is 11.5 Å². The van der Waals surface area contributed by atoms with Gasteiger partial charge in [0.1, 0.15) is 29.6 Å². The summed E-state index contributed by atoms with van der Waals surface area (Å²) < 4.78 is 18.0. The lowest BCUT2D eigenvalue weighted by atomic mass is 9.86. The van der Waals surface area contributed by atoms with Crippen LogP contribution in [0.25, 0.3) is 0 Å². The lowest BCUT2D eigenvalue weighted by molar-refractivity contribution is -0.116. The van der Waals surface area contributed by atoms with Gasteiger partial charge in [-0.25, -0.2) is 4.68 Å². The summed E-state index contributed by atoms with van der Waals surface area (Å²) in [6.07, 6.45) is 3.73. The highest BCUT2D eigenvalue weighted by atomic mass is 16.5. The average Bonchev–Trinajstić information content (AvgIpc) is 3.31. The summed E-state index contributed by atoms with van der Waals surface area (Å²) in [4.78, 5) is 12.4. The monoisotopic (exact) mass is 353 g/mol. The third-order valence-electron chi connectivity index (χ3n) is 4.59. The molecule has 0 aliphatic carbocycles. The van der Waals surface area contributed by atoms with Crippen LogP contribution in [0, 0.1) is 0 Å². The molecular weight excluding hydrogens is 334 g/mol. The first-order chi connectivity index (χ1) is 12.7. The predicted molar refractivity (Wildman–Crippen MR) is 94.7 cm³/mol. The van der Waals surface area contributed by atoms with Crippen LogP contribution in [0.3, 0.4) is 0 Å². The molecule has 0 radical (unpaired) electrons. The number of ether oxygens (including phenoxy) is 2. The van der Waals surface area contributed by atoms with E-state index in [0.717, 1.165) is 28.4 Å². The number of methoxy groups -OCH3 is 2. The minimum atomic E-state index is -0.158. The molecule has 3 heterocycles. The van der Waals surface area contributed by atoms with E-state index in [-0.39, 0.29) is 11.8 Å². The summed E-state index contributed by atoms with van der Waals surface area (Å²) >= 11 is 0. The van der Waals surface area contributed by atoms with Crippen LogP contribution in [-0.4, -0.2) is 29.9 Å². The summed E-state index contributed by atoms with van der Waals surface area (Å²) in [5.74, 6) is 2.67. The molecule has 1 N–H and O–H groups in total. The molecule has 1 aliphatic heterocycles. The fourth-order valence-corrected chi connectivity index (χ4v) is 3.33. The van der Waals surface area contributed by atoms with Crippen LogP contribution >= 0.6 is 0 Å². The normalized spacial score (nSPS) is 16.1. The van der Waals surface area contributed by atoms with E-state index < -0.39 is 0 Å². The van der Waals surface area contributed by atoms with E-state index in [2.05, 4.69) is 10.4 Å². The fraction of sp³-hybridized carbons (Fsp3) is 0.263. The molecule has 3 aromatic rings. The smallest absolute Gasteiger partial charge is 0.226 e. The van der Waals surface area contributed by atoms with Gasteiger partial charge in [0, 0.05) is 23.5 Å². The van der Waals surface area contributed by atoms with Crippen molar-refractivity contribution in [3.63, 3.8) is 0 Å². The van der Waals surface area contributed by atoms with Gasteiger partial charge in [0.2, 0.25) is 5.91 Å².